The molecule has 1 saturated heterocycles. The summed E-state index contributed by atoms with van der Waals surface area (Å²) in [4.78, 5) is 24.4. The number of para-hydroxylation sites is 1. The van der Waals surface area contributed by atoms with Crippen LogP contribution in [0, 0.1) is 0 Å². The van der Waals surface area contributed by atoms with Gasteiger partial charge >= 0.3 is 0 Å². The number of hydrogen-bond donors (Lipinski definition) is 3. The number of rotatable bonds is 5. The van der Waals surface area contributed by atoms with Gasteiger partial charge in [-0.1, -0.05) is 18.2 Å². The normalized spacial score (nSPS) is 17.0. The van der Waals surface area contributed by atoms with Crippen molar-refractivity contribution in [2.24, 2.45) is 0 Å². The molecule has 1 aliphatic rings. The maximum Gasteiger partial charge on any atom is 0.279 e. The van der Waals surface area contributed by atoms with Crippen LogP contribution in [0.15, 0.2) is 54.6 Å². The van der Waals surface area contributed by atoms with E-state index >= 15 is 0 Å². The summed E-state index contributed by atoms with van der Waals surface area (Å²) in [6, 6.07) is 16.7. The molecule has 3 rings (SSSR count). The first kappa shape index (κ1) is 16.0. The molecule has 3 N–H and O–H groups in total. The highest BCUT2D eigenvalue weighted by Crippen LogP contribution is 2.22. The average Bonchev–Trinajstić information content (AvgIpc) is 2.57. The lowest BCUT2D eigenvalue weighted by Crippen LogP contribution is -3.16. The highest BCUT2D eigenvalue weighted by Gasteiger charge is 2.22. The van der Waals surface area contributed by atoms with Crippen LogP contribution in [0.25, 0.3) is 0 Å². The van der Waals surface area contributed by atoms with Crippen LogP contribution in [0.5, 0.6) is 11.5 Å². The van der Waals surface area contributed by atoms with Gasteiger partial charge in [0.25, 0.3) is 11.8 Å². The van der Waals surface area contributed by atoms with E-state index in [0.717, 1.165) is 17.2 Å². The number of amides is 2. The summed E-state index contributed by atoms with van der Waals surface area (Å²) in [6.45, 7) is 2.02. The molecule has 124 valence electrons. The number of anilines is 1. The van der Waals surface area contributed by atoms with Crippen molar-refractivity contribution in [2.75, 3.05) is 31.5 Å². The SMILES string of the molecule is O=C1C[NH+](CC(=O)Nc2ccc(Oc3ccccc3)cc2)CCN1. The molecule has 0 radical (unpaired) electrons. The van der Waals surface area contributed by atoms with Gasteiger partial charge in [0.05, 0.1) is 13.1 Å². The summed E-state index contributed by atoms with van der Waals surface area (Å²) >= 11 is 0. The molecule has 0 bridgehead atoms. The van der Waals surface area contributed by atoms with Crippen molar-refractivity contribution in [3.8, 4) is 11.5 Å². The Morgan fingerprint density at radius 2 is 1.79 bits per heavy atom. The van der Waals surface area contributed by atoms with Gasteiger partial charge < -0.3 is 20.3 Å². The third-order valence-corrected chi connectivity index (χ3v) is 3.74. The van der Waals surface area contributed by atoms with Crippen LogP contribution in [0.2, 0.25) is 0 Å². The van der Waals surface area contributed by atoms with E-state index in [0.29, 0.717) is 24.5 Å². The van der Waals surface area contributed by atoms with Gasteiger partial charge in [0, 0.05) is 5.69 Å². The maximum absolute atomic E-state index is 12.1. The second-order valence-corrected chi connectivity index (χ2v) is 5.69. The van der Waals surface area contributed by atoms with Gasteiger partial charge in [0.15, 0.2) is 13.1 Å². The van der Waals surface area contributed by atoms with E-state index in [1.165, 1.54) is 0 Å². The summed E-state index contributed by atoms with van der Waals surface area (Å²) in [5, 5.41) is 5.60. The van der Waals surface area contributed by atoms with Crippen molar-refractivity contribution in [1.29, 1.82) is 0 Å². The molecule has 1 aliphatic heterocycles. The zero-order valence-corrected chi connectivity index (χ0v) is 13.2. The van der Waals surface area contributed by atoms with Crippen LogP contribution in [0.4, 0.5) is 5.69 Å². The molecule has 0 aliphatic carbocycles. The zero-order chi connectivity index (χ0) is 16.8. The van der Waals surface area contributed by atoms with Gasteiger partial charge in [-0.15, -0.1) is 0 Å². The first-order valence-electron chi connectivity index (χ1n) is 7.92. The fraction of sp³-hybridized carbons (Fsp3) is 0.222. The zero-order valence-electron chi connectivity index (χ0n) is 13.2. The van der Waals surface area contributed by atoms with Gasteiger partial charge in [0.1, 0.15) is 11.5 Å². The van der Waals surface area contributed by atoms with E-state index in [1.807, 2.05) is 42.5 Å². The van der Waals surface area contributed by atoms with Crippen molar-refractivity contribution in [2.45, 2.75) is 0 Å². The Morgan fingerprint density at radius 1 is 1.08 bits per heavy atom. The molecule has 6 nitrogen and oxygen atoms in total. The monoisotopic (exact) mass is 326 g/mol. The third-order valence-electron chi connectivity index (χ3n) is 3.74. The summed E-state index contributed by atoms with van der Waals surface area (Å²) < 4.78 is 5.71. The number of ether oxygens (including phenoxy) is 1. The molecule has 2 aromatic carbocycles. The van der Waals surface area contributed by atoms with Gasteiger partial charge in [-0.2, -0.15) is 0 Å². The molecule has 0 spiro atoms. The second-order valence-electron chi connectivity index (χ2n) is 5.69. The predicted octanol–water partition coefficient (Wildman–Crippen LogP) is 0.432. The number of benzene rings is 2. The lowest BCUT2D eigenvalue weighted by atomic mass is 10.3. The van der Waals surface area contributed by atoms with Crippen LogP contribution in [-0.2, 0) is 9.59 Å². The van der Waals surface area contributed by atoms with E-state index in [2.05, 4.69) is 10.6 Å². The molecule has 6 heteroatoms. The molecule has 1 atom stereocenters. The van der Waals surface area contributed by atoms with E-state index in [-0.39, 0.29) is 18.4 Å². The topological polar surface area (TPSA) is 71.9 Å². The van der Waals surface area contributed by atoms with Crippen molar-refractivity contribution in [3.63, 3.8) is 0 Å². The molecule has 2 aromatic rings. The number of hydrogen-bond acceptors (Lipinski definition) is 3. The van der Waals surface area contributed by atoms with Crippen LogP contribution < -0.4 is 20.3 Å². The fourth-order valence-corrected chi connectivity index (χ4v) is 2.57. The Bertz CT molecular complexity index is 701. The van der Waals surface area contributed by atoms with Crippen LogP contribution in [0.3, 0.4) is 0 Å². The largest absolute Gasteiger partial charge is 0.457 e. The second kappa shape index (κ2) is 7.61. The van der Waals surface area contributed by atoms with Crippen molar-refractivity contribution < 1.29 is 19.2 Å². The molecule has 1 heterocycles. The highest BCUT2D eigenvalue weighted by molar-refractivity contribution is 5.91. The molecular weight excluding hydrogens is 306 g/mol. The molecule has 1 unspecified atom stereocenters. The van der Waals surface area contributed by atoms with Crippen LogP contribution in [0.1, 0.15) is 0 Å². The first-order chi connectivity index (χ1) is 11.7. The third kappa shape index (κ3) is 4.57. The Balaban J connectivity index is 1.52. The minimum Gasteiger partial charge on any atom is -0.457 e. The van der Waals surface area contributed by atoms with Crippen molar-refractivity contribution in [3.05, 3.63) is 54.6 Å². The molecular formula is C18H20N3O3+. The summed E-state index contributed by atoms with van der Waals surface area (Å²) in [7, 11) is 0. The maximum atomic E-state index is 12.1. The molecule has 24 heavy (non-hydrogen) atoms. The molecule has 2 amide bonds. The Hall–Kier alpha value is -2.86. The average molecular weight is 326 g/mol. The van der Waals surface area contributed by atoms with E-state index in [9.17, 15) is 9.59 Å². The summed E-state index contributed by atoms with van der Waals surface area (Å²) in [6.07, 6.45) is 0. The minimum absolute atomic E-state index is 0.00790. The smallest absolute Gasteiger partial charge is 0.279 e. The van der Waals surface area contributed by atoms with Gasteiger partial charge in [-0.3, -0.25) is 9.59 Å². The van der Waals surface area contributed by atoms with Crippen molar-refractivity contribution >= 4 is 17.5 Å². The number of quaternary nitrogens is 1. The summed E-state index contributed by atoms with van der Waals surface area (Å²) in [5.41, 5.74) is 0.710. The van der Waals surface area contributed by atoms with Crippen molar-refractivity contribution in [1.82, 2.24) is 5.32 Å². The lowest BCUT2D eigenvalue weighted by Gasteiger charge is -2.22. The van der Waals surface area contributed by atoms with E-state index in [1.54, 1.807) is 12.1 Å². The highest BCUT2D eigenvalue weighted by atomic mass is 16.5. The number of nitrogens with one attached hydrogen (secondary N) is 3. The Morgan fingerprint density at radius 3 is 2.50 bits per heavy atom. The van der Waals surface area contributed by atoms with E-state index in [4.69, 9.17) is 4.74 Å². The quantitative estimate of drug-likeness (QED) is 0.746. The van der Waals surface area contributed by atoms with Gasteiger partial charge in [0.2, 0.25) is 0 Å². The number of piperazine rings is 1. The summed E-state index contributed by atoms with van der Waals surface area (Å²) in [5.74, 6) is 1.36. The predicted molar refractivity (Wildman–Crippen MR) is 90.2 cm³/mol. The van der Waals surface area contributed by atoms with Crippen LogP contribution >= 0.6 is 0 Å². The molecule has 1 fully saturated rings. The van der Waals surface area contributed by atoms with Gasteiger partial charge in [-0.25, -0.2) is 0 Å². The molecule has 0 aromatic heterocycles. The Labute approximate surface area is 140 Å². The first-order valence-corrected chi connectivity index (χ1v) is 7.92. The van der Waals surface area contributed by atoms with E-state index < -0.39 is 0 Å². The number of carbonyl (C=O) groups excluding carboxylic acids is 2. The number of carbonyl (C=O) groups is 2. The molecule has 0 saturated carbocycles. The standard InChI is InChI=1S/C18H19N3O3/c22-17-12-21(11-10-19-17)13-18(23)20-14-6-8-16(9-7-14)24-15-4-2-1-3-5-15/h1-9H,10-13H2,(H,19,22)(H,20,23)/p+1. The minimum atomic E-state index is -0.101. The fourth-order valence-electron chi connectivity index (χ4n) is 2.57. The van der Waals surface area contributed by atoms with Gasteiger partial charge in [-0.05, 0) is 36.4 Å². The van der Waals surface area contributed by atoms with Crippen LogP contribution in [-0.4, -0.2) is 38.0 Å². The lowest BCUT2D eigenvalue weighted by molar-refractivity contribution is -0.885. The Kier molecular flexibility index (Phi) is 5.08.